The van der Waals surface area contributed by atoms with Gasteiger partial charge in [-0.15, -0.1) is 0 Å². The molecule has 1 aromatic carbocycles. The second-order valence-corrected chi connectivity index (χ2v) is 6.57. The molecule has 0 spiro atoms. The highest BCUT2D eigenvalue weighted by molar-refractivity contribution is 7.90. The van der Waals surface area contributed by atoms with Gasteiger partial charge >= 0.3 is 0 Å². The number of methoxy groups -OCH3 is 1. The van der Waals surface area contributed by atoms with Gasteiger partial charge in [-0.25, -0.2) is 0 Å². The number of hydrogen-bond acceptors (Lipinski definition) is 3. The number of sulfonamides is 1. The van der Waals surface area contributed by atoms with E-state index in [4.69, 9.17) is 4.74 Å². The SMILES string of the molecule is COc1cccc2c1C(C(C)(C)C)=NS2(=O)=O. The van der Waals surface area contributed by atoms with Crippen molar-refractivity contribution >= 4 is 15.7 Å². The Kier molecular flexibility index (Phi) is 2.54. The predicted molar refractivity (Wildman–Crippen MR) is 66.2 cm³/mol. The highest BCUT2D eigenvalue weighted by Crippen LogP contribution is 2.38. The van der Waals surface area contributed by atoms with Gasteiger partial charge in [0.2, 0.25) is 0 Å². The molecule has 1 heterocycles. The van der Waals surface area contributed by atoms with E-state index >= 15 is 0 Å². The van der Waals surface area contributed by atoms with Gasteiger partial charge in [0.25, 0.3) is 10.0 Å². The molecule has 0 unspecified atom stereocenters. The van der Waals surface area contributed by atoms with Crippen molar-refractivity contribution in [2.75, 3.05) is 7.11 Å². The smallest absolute Gasteiger partial charge is 0.283 e. The summed E-state index contributed by atoms with van der Waals surface area (Å²) in [6.07, 6.45) is 0. The summed E-state index contributed by atoms with van der Waals surface area (Å²) in [6, 6.07) is 4.98. The molecule has 0 atom stereocenters. The van der Waals surface area contributed by atoms with Crippen LogP contribution in [0.15, 0.2) is 27.5 Å². The number of fused-ring (bicyclic) bond motifs is 1. The van der Waals surface area contributed by atoms with Gasteiger partial charge in [-0.2, -0.15) is 12.8 Å². The molecule has 0 fully saturated rings. The molecule has 0 N–H and O–H groups in total. The minimum absolute atomic E-state index is 0.238. The number of hydrogen-bond donors (Lipinski definition) is 0. The molecule has 17 heavy (non-hydrogen) atoms. The molecule has 0 amide bonds. The zero-order chi connectivity index (χ0) is 12.8. The van der Waals surface area contributed by atoms with Gasteiger partial charge in [0.15, 0.2) is 0 Å². The fraction of sp³-hybridized carbons (Fsp3) is 0.417. The maximum Gasteiger partial charge on any atom is 0.283 e. The summed E-state index contributed by atoms with van der Waals surface area (Å²) in [6.45, 7) is 5.80. The summed E-state index contributed by atoms with van der Waals surface area (Å²) in [5.41, 5.74) is 0.819. The van der Waals surface area contributed by atoms with Crippen LogP contribution in [0.25, 0.3) is 0 Å². The predicted octanol–water partition coefficient (Wildman–Crippen LogP) is 2.23. The van der Waals surface area contributed by atoms with Gasteiger partial charge < -0.3 is 4.74 Å². The van der Waals surface area contributed by atoms with Crippen molar-refractivity contribution in [3.63, 3.8) is 0 Å². The zero-order valence-corrected chi connectivity index (χ0v) is 11.1. The Balaban J connectivity index is 2.81. The molecular formula is C12H15NO3S. The number of nitrogens with zero attached hydrogens (tertiary/aromatic N) is 1. The van der Waals surface area contributed by atoms with Crippen LogP contribution in [0.3, 0.4) is 0 Å². The van der Waals surface area contributed by atoms with Crippen molar-refractivity contribution < 1.29 is 13.2 Å². The standard InChI is InChI=1S/C12H15NO3S/c1-12(2,3)11-10-8(16-4)6-5-7-9(10)17(14,15)13-11/h5-7H,1-4H3. The molecule has 0 aromatic heterocycles. The van der Waals surface area contributed by atoms with E-state index in [-0.39, 0.29) is 10.3 Å². The number of ether oxygens (including phenoxy) is 1. The first-order valence-corrected chi connectivity index (χ1v) is 6.74. The maximum absolute atomic E-state index is 11.9. The molecule has 1 aliphatic heterocycles. The minimum Gasteiger partial charge on any atom is -0.496 e. The third kappa shape index (κ3) is 1.84. The Morgan fingerprint density at radius 3 is 2.41 bits per heavy atom. The normalized spacial score (nSPS) is 17.5. The van der Waals surface area contributed by atoms with Crippen LogP contribution < -0.4 is 4.74 Å². The van der Waals surface area contributed by atoms with Crippen LogP contribution >= 0.6 is 0 Å². The second kappa shape index (κ2) is 3.57. The van der Waals surface area contributed by atoms with Crippen LogP contribution in [0.4, 0.5) is 0 Å². The lowest BCUT2D eigenvalue weighted by molar-refractivity contribution is 0.411. The molecule has 0 saturated heterocycles. The first-order valence-electron chi connectivity index (χ1n) is 5.30. The minimum atomic E-state index is -3.56. The van der Waals surface area contributed by atoms with E-state index in [1.54, 1.807) is 18.2 Å². The van der Waals surface area contributed by atoms with E-state index in [9.17, 15) is 8.42 Å². The van der Waals surface area contributed by atoms with Gasteiger partial charge in [0.1, 0.15) is 10.6 Å². The third-order valence-electron chi connectivity index (χ3n) is 2.64. The summed E-state index contributed by atoms with van der Waals surface area (Å²) in [5.74, 6) is 0.553. The molecule has 4 nitrogen and oxygen atoms in total. The van der Waals surface area contributed by atoms with Gasteiger partial charge in [-0.3, -0.25) is 0 Å². The lowest BCUT2D eigenvalue weighted by atomic mass is 9.85. The van der Waals surface area contributed by atoms with Crippen LogP contribution in [-0.4, -0.2) is 21.2 Å². The second-order valence-electron chi connectivity index (χ2n) is 5.00. The van der Waals surface area contributed by atoms with Crippen LogP contribution in [0, 0.1) is 5.41 Å². The van der Waals surface area contributed by atoms with E-state index in [1.165, 1.54) is 7.11 Å². The van der Waals surface area contributed by atoms with E-state index < -0.39 is 10.0 Å². The Hall–Kier alpha value is -1.36. The van der Waals surface area contributed by atoms with Crippen LogP contribution in [0.1, 0.15) is 26.3 Å². The fourth-order valence-corrected chi connectivity index (χ4v) is 3.27. The lowest BCUT2D eigenvalue weighted by Crippen LogP contribution is -2.20. The lowest BCUT2D eigenvalue weighted by Gasteiger charge is -2.19. The highest BCUT2D eigenvalue weighted by Gasteiger charge is 2.37. The summed E-state index contributed by atoms with van der Waals surface area (Å²) in [5, 5.41) is 0. The monoisotopic (exact) mass is 253 g/mol. The Labute approximate surface area is 101 Å². The van der Waals surface area contributed by atoms with Gasteiger partial charge in [-0.05, 0) is 12.1 Å². The van der Waals surface area contributed by atoms with E-state index in [2.05, 4.69) is 4.40 Å². The topological polar surface area (TPSA) is 55.7 Å². The molecule has 0 bridgehead atoms. The Morgan fingerprint density at radius 2 is 1.88 bits per heavy atom. The summed E-state index contributed by atoms with van der Waals surface area (Å²) in [7, 11) is -2.03. The summed E-state index contributed by atoms with van der Waals surface area (Å²) >= 11 is 0. The fourth-order valence-electron chi connectivity index (χ4n) is 1.86. The van der Waals surface area contributed by atoms with Gasteiger partial charge in [0.05, 0.1) is 18.4 Å². The summed E-state index contributed by atoms with van der Waals surface area (Å²) in [4.78, 5) is 0.238. The quantitative estimate of drug-likeness (QED) is 0.771. The van der Waals surface area contributed by atoms with Gasteiger partial charge in [0, 0.05) is 5.41 Å². The molecule has 1 aromatic rings. The molecule has 1 aliphatic rings. The van der Waals surface area contributed by atoms with Crippen molar-refractivity contribution in [1.29, 1.82) is 0 Å². The Morgan fingerprint density at radius 1 is 1.24 bits per heavy atom. The average Bonchev–Trinajstić information content (AvgIpc) is 2.51. The molecule has 92 valence electrons. The maximum atomic E-state index is 11.9. The van der Waals surface area contributed by atoms with E-state index in [0.29, 0.717) is 17.0 Å². The number of rotatable bonds is 1. The third-order valence-corrected chi connectivity index (χ3v) is 3.96. The molecular weight excluding hydrogens is 238 g/mol. The van der Waals surface area contributed by atoms with Crippen molar-refractivity contribution in [1.82, 2.24) is 0 Å². The highest BCUT2D eigenvalue weighted by atomic mass is 32.2. The largest absolute Gasteiger partial charge is 0.496 e. The average molecular weight is 253 g/mol. The van der Waals surface area contributed by atoms with Crippen molar-refractivity contribution in [3.8, 4) is 5.75 Å². The first-order chi connectivity index (χ1) is 7.77. The van der Waals surface area contributed by atoms with Crippen LogP contribution in [0.2, 0.25) is 0 Å². The van der Waals surface area contributed by atoms with Crippen molar-refractivity contribution in [3.05, 3.63) is 23.8 Å². The molecule has 0 radical (unpaired) electrons. The number of benzene rings is 1. The van der Waals surface area contributed by atoms with Gasteiger partial charge in [-0.1, -0.05) is 26.8 Å². The van der Waals surface area contributed by atoms with Crippen LogP contribution in [-0.2, 0) is 10.0 Å². The van der Waals surface area contributed by atoms with Crippen molar-refractivity contribution in [2.24, 2.45) is 9.81 Å². The van der Waals surface area contributed by atoms with E-state index in [0.717, 1.165) is 0 Å². The Bertz CT molecular complexity index is 595. The van der Waals surface area contributed by atoms with Crippen LogP contribution in [0.5, 0.6) is 5.75 Å². The molecule has 0 saturated carbocycles. The zero-order valence-electron chi connectivity index (χ0n) is 10.3. The molecule has 5 heteroatoms. The first kappa shape index (κ1) is 12.1. The molecule has 2 rings (SSSR count). The van der Waals surface area contributed by atoms with Crippen molar-refractivity contribution in [2.45, 2.75) is 25.7 Å². The summed E-state index contributed by atoms with van der Waals surface area (Å²) < 4.78 is 33.0. The van der Waals surface area contributed by atoms with E-state index in [1.807, 2.05) is 20.8 Å². The molecule has 0 aliphatic carbocycles.